The molecule has 0 atom stereocenters. The molecule has 2 nitrogen and oxygen atoms in total. The zero-order chi connectivity index (χ0) is 7.26. The number of hydrogen-bond acceptors (Lipinski definition) is 3. The van der Waals surface area contributed by atoms with Gasteiger partial charge in [0.25, 0.3) is 0 Å². The highest BCUT2D eigenvalue weighted by molar-refractivity contribution is 7.13. The van der Waals surface area contributed by atoms with Crippen LogP contribution in [0.4, 0.5) is 11.4 Å². The third-order valence-corrected chi connectivity index (χ3v) is 3.21. The summed E-state index contributed by atoms with van der Waals surface area (Å²) in [6, 6.07) is 0. The van der Waals surface area contributed by atoms with Gasteiger partial charge in [-0.05, 0) is 0 Å². The third kappa shape index (κ3) is 0.613. The second kappa shape index (κ2) is 1.80. The number of thiophene rings is 1. The van der Waals surface area contributed by atoms with Crippen molar-refractivity contribution in [1.82, 2.24) is 0 Å². The molecule has 0 aromatic carbocycles. The number of hydrogen-bond donors (Lipinski definition) is 0. The Morgan fingerprint density at radius 1 is 1.00 bits per heavy atom. The highest BCUT2D eigenvalue weighted by Gasteiger charge is 2.21. The molecule has 0 saturated carbocycles. The van der Waals surface area contributed by atoms with E-state index in [0.29, 0.717) is 0 Å². The van der Waals surface area contributed by atoms with Crippen LogP contribution in [0.25, 0.3) is 0 Å². The largest absolute Gasteiger partial charge is 0.257 e. The second-order valence-corrected chi connectivity index (χ2v) is 3.87. The molecule has 0 N–H and O–H groups in total. The van der Waals surface area contributed by atoms with Crippen molar-refractivity contribution in [3.05, 3.63) is 9.75 Å². The van der Waals surface area contributed by atoms with Gasteiger partial charge in [0, 0.05) is 35.0 Å². The van der Waals surface area contributed by atoms with Crippen LogP contribution >= 0.6 is 11.3 Å². The predicted octanol–water partition coefficient (Wildman–Crippen LogP) is 2.26. The lowest BCUT2D eigenvalue weighted by molar-refractivity contribution is 1.50. The molecule has 0 amide bonds. The summed E-state index contributed by atoms with van der Waals surface area (Å²) < 4.78 is 0. The summed E-state index contributed by atoms with van der Waals surface area (Å²) in [6.45, 7) is 0. The molecular weight excluding hydrogens is 156 g/mol. The van der Waals surface area contributed by atoms with Crippen molar-refractivity contribution in [3.8, 4) is 0 Å². The molecule has 2 aliphatic heterocycles. The van der Waals surface area contributed by atoms with E-state index in [1.807, 2.05) is 23.8 Å². The number of nitrogens with zero attached hydrogens (tertiary/aromatic N) is 2. The van der Waals surface area contributed by atoms with E-state index < -0.39 is 0 Å². The topological polar surface area (TPSA) is 24.7 Å². The minimum absolute atomic E-state index is 1.02. The van der Waals surface area contributed by atoms with Crippen LogP contribution in [0.2, 0.25) is 0 Å². The van der Waals surface area contributed by atoms with Gasteiger partial charge in [-0.1, -0.05) is 0 Å². The van der Waals surface area contributed by atoms with E-state index in [1.165, 1.54) is 9.75 Å². The highest BCUT2D eigenvalue weighted by atomic mass is 32.1. The van der Waals surface area contributed by atoms with Gasteiger partial charge in [0.05, 0.1) is 0 Å². The summed E-state index contributed by atoms with van der Waals surface area (Å²) in [7, 11) is 0. The maximum atomic E-state index is 4.30. The lowest BCUT2D eigenvalue weighted by atomic mass is 10.3. The molecule has 3 heterocycles. The number of fused-ring (bicyclic) bond motifs is 3. The van der Waals surface area contributed by atoms with Gasteiger partial charge in [0.2, 0.25) is 0 Å². The smallest absolute Gasteiger partial charge is 0.103 e. The zero-order valence-corrected chi connectivity index (χ0v) is 6.69. The molecule has 3 rings (SSSR count). The van der Waals surface area contributed by atoms with Crippen molar-refractivity contribution in [1.29, 1.82) is 0 Å². The lowest BCUT2D eigenvalue weighted by Crippen LogP contribution is -1.72. The quantitative estimate of drug-likeness (QED) is 0.559. The first-order valence-corrected chi connectivity index (χ1v) is 4.46. The van der Waals surface area contributed by atoms with Gasteiger partial charge in [0.15, 0.2) is 0 Å². The first-order chi connectivity index (χ1) is 5.45. The summed E-state index contributed by atoms with van der Waals surface area (Å²) in [6.07, 6.45) is 5.97. The summed E-state index contributed by atoms with van der Waals surface area (Å²) in [4.78, 5) is 11.4. The minimum atomic E-state index is 1.02. The molecular formula is C8H6N2S. The fourth-order valence-electron chi connectivity index (χ4n) is 1.49. The first-order valence-electron chi connectivity index (χ1n) is 3.65. The van der Waals surface area contributed by atoms with Crippen LogP contribution in [0, 0.1) is 0 Å². The molecule has 0 bridgehead atoms. The predicted molar refractivity (Wildman–Crippen MR) is 48.0 cm³/mol. The van der Waals surface area contributed by atoms with Crippen LogP contribution in [0.5, 0.6) is 0 Å². The van der Waals surface area contributed by atoms with E-state index in [1.54, 1.807) is 0 Å². The van der Waals surface area contributed by atoms with Crippen LogP contribution in [-0.4, -0.2) is 12.4 Å². The SMILES string of the molecule is C1=Nc2c(sc3c2N=CC3)C1. The Labute approximate surface area is 68.3 Å². The van der Waals surface area contributed by atoms with Crippen LogP contribution in [0.1, 0.15) is 9.75 Å². The molecule has 54 valence electrons. The average molecular weight is 162 g/mol. The van der Waals surface area contributed by atoms with Gasteiger partial charge in [-0.15, -0.1) is 11.3 Å². The normalized spacial score (nSPS) is 17.5. The Hall–Kier alpha value is -0.960. The molecule has 0 saturated heterocycles. The molecule has 1 aromatic heterocycles. The molecule has 0 aliphatic carbocycles. The average Bonchev–Trinajstić information content (AvgIpc) is 2.52. The van der Waals surface area contributed by atoms with E-state index in [-0.39, 0.29) is 0 Å². The Bertz CT molecular complexity index is 339. The fraction of sp³-hybridized carbons (Fsp3) is 0.250. The van der Waals surface area contributed by atoms with Crippen LogP contribution in [0.3, 0.4) is 0 Å². The number of aliphatic imine (C=N–C) groups is 2. The van der Waals surface area contributed by atoms with Gasteiger partial charge in [-0.2, -0.15) is 0 Å². The van der Waals surface area contributed by atoms with Gasteiger partial charge in [0.1, 0.15) is 11.4 Å². The van der Waals surface area contributed by atoms with E-state index in [4.69, 9.17) is 0 Å². The van der Waals surface area contributed by atoms with Crippen LogP contribution < -0.4 is 0 Å². The standard InChI is InChI=1S/C8H6N2S/c1-3-9-7-5(1)11-6-2-4-10-8(6)7/h3-4H,1-2H2. The molecule has 2 aliphatic rings. The molecule has 0 radical (unpaired) electrons. The Morgan fingerprint density at radius 3 is 2.09 bits per heavy atom. The Kier molecular flexibility index (Phi) is 0.924. The van der Waals surface area contributed by atoms with E-state index in [9.17, 15) is 0 Å². The van der Waals surface area contributed by atoms with E-state index >= 15 is 0 Å². The molecule has 11 heavy (non-hydrogen) atoms. The zero-order valence-electron chi connectivity index (χ0n) is 5.87. The fourth-order valence-corrected chi connectivity index (χ4v) is 2.60. The lowest BCUT2D eigenvalue weighted by Gasteiger charge is -1.85. The maximum absolute atomic E-state index is 4.30. The first kappa shape index (κ1) is 5.66. The molecule has 0 spiro atoms. The number of rotatable bonds is 0. The van der Waals surface area contributed by atoms with Crippen molar-refractivity contribution >= 4 is 35.1 Å². The van der Waals surface area contributed by atoms with Crippen molar-refractivity contribution in [2.75, 3.05) is 0 Å². The van der Waals surface area contributed by atoms with E-state index in [2.05, 4.69) is 9.98 Å². The summed E-state index contributed by atoms with van der Waals surface area (Å²) >= 11 is 1.86. The minimum Gasteiger partial charge on any atom is -0.257 e. The van der Waals surface area contributed by atoms with Gasteiger partial charge in [-0.25, -0.2) is 0 Å². The molecule has 0 unspecified atom stereocenters. The monoisotopic (exact) mass is 162 g/mol. The maximum Gasteiger partial charge on any atom is 0.103 e. The van der Waals surface area contributed by atoms with Crippen molar-refractivity contribution in [3.63, 3.8) is 0 Å². The summed E-state index contributed by atoms with van der Waals surface area (Å²) in [5.41, 5.74) is 2.28. The summed E-state index contributed by atoms with van der Waals surface area (Å²) in [5, 5.41) is 0. The van der Waals surface area contributed by atoms with Gasteiger partial charge < -0.3 is 0 Å². The highest BCUT2D eigenvalue weighted by Crippen LogP contribution is 2.46. The molecule has 3 heteroatoms. The van der Waals surface area contributed by atoms with Gasteiger partial charge in [-0.3, -0.25) is 9.98 Å². The Balaban J connectivity index is 2.36. The molecule has 0 fully saturated rings. The van der Waals surface area contributed by atoms with Gasteiger partial charge >= 0.3 is 0 Å². The molecule has 1 aromatic rings. The summed E-state index contributed by atoms with van der Waals surface area (Å²) in [5.74, 6) is 0. The van der Waals surface area contributed by atoms with E-state index in [0.717, 1.165) is 24.2 Å². The Morgan fingerprint density at radius 2 is 1.55 bits per heavy atom. The van der Waals surface area contributed by atoms with Crippen molar-refractivity contribution in [2.24, 2.45) is 9.98 Å². The van der Waals surface area contributed by atoms with Crippen molar-refractivity contribution in [2.45, 2.75) is 12.8 Å². The van der Waals surface area contributed by atoms with Crippen molar-refractivity contribution < 1.29 is 0 Å². The van der Waals surface area contributed by atoms with Crippen LogP contribution in [-0.2, 0) is 12.8 Å². The van der Waals surface area contributed by atoms with Crippen LogP contribution in [0.15, 0.2) is 9.98 Å². The second-order valence-electron chi connectivity index (χ2n) is 2.68. The third-order valence-electron chi connectivity index (χ3n) is 1.99.